The third-order valence-corrected chi connectivity index (χ3v) is 5.65. The van der Waals surface area contributed by atoms with E-state index in [1.165, 1.54) is 11.9 Å². The maximum absolute atomic E-state index is 14.7. The molecule has 0 spiro atoms. The molecule has 0 aliphatic rings. The van der Waals surface area contributed by atoms with Crippen LogP contribution in [-0.2, 0) is 6.42 Å². The van der Waals surface area contributed by atoms with Crippen molar-refractivity contribution in [2.24, 2.45) is 0 Å². The lowest BCUT2D eigenvalue weighted by Gasteiger charge is -2.12. The van der Waals surface area contributed by atoms with Gasteiger partial charge in [-0.05, 0) is 82.4 Å². The van der Waals surface area contributed by atoms with E-state index >= 15 is 0 Å². The Hall–Kier alpha value is -3.39. The molecule has 5 rings (SSSR count). The maximum Gasteiger partial charge on any atom is 0.155 e. The molecular formula is C22H16BrFN6. The molecule has 1 N–H and O–H groups in total. The predicted molar refractivity (Wildman–Crippen MR) is 117 cm³/mol. The van der Waals surface area contributed by atoms with Crippen LogP contribution in [0.4, 0.5) is 15.9 Å². The summed E-state index contributed by atoms with van der Waals surface area (Å²) in [5.74, 6) is 0.0519. The van der Waals surface area contributed by atoms with Crippen molar-refractivity contribution in [3.8, 4) is 0 Å². The molecule has 8 heteroatoms. The molecule has 0 fully saturated rings. The fraction of sp³-hybridized carbons (Fsp3) is 0.0909. The quantitative estimate of drug-likeness (QED) is 0.396. The number of benzene rings is 2. The molecule has 6 nitrogen and oxygen atoms in total. The van der Waals surface area contributed by atoms with E-state index in [0.29, 0.717) is 21.2 Å². The molecule has 30 heavy (non-hydrogen) atoms. The van der Waals surface area contributed by atoms with Gasteiger partial charge in [-0.1, -0.05) is 6.07 Å². The molecule has 0 aliphatic carbocycles. The monoisotopic (exact) mass is 462 g/mol. The molecule has 148 valence electrons. The van der Waals surface area contributed by atoms with Gasteiger partial charge in [-0.2, -0.15) is 5.10 Å². The summed E-state index contributed by atoms with van der Waals surface area (Å²) in [6.07, 6.45) is 5.67. The van der Waals surface area contributed by atoms with Gasteiger partial charge in [0.25, 0.3) is 0 Å². The molecule has 0 amide bonds. The van der Waals surface area contributed by atoms with Gasteiger partial charge < -0.3 is 5.32 Å². The minimum Gasteiger partial charge on any atom is -0.340 e. The van der Waals surface area contributed by atoms with Crippen molar-refractivity contribution in [2.75, 3.05) is 5.32 Å². The number of rotatable bonds is 4. The highest BCUT2D eigenvalue weighted by atomic mass is 79.9. The molecule has 0 atom stereocenters. The van der Waals surface area contributed by atoms with Crippen LogP contribution in [0, 0.1) is 12.7 Å². The number of aryl methyl sites for hydroxylation is 1. The lowest BCUT2D eigenvalue weighted by Crippen LogP contribution is -2.00. The predicted octanol–water partition coefficient (Wildman–Crippen LogP) is 5.22. The number of hydrogen-bond donors (Lipinski definition) is 1. The summed E-state index contributed by atoms with van der Waals surface area (Å²) in [7, 11) is 0. The first kappa shape index (κ1) is 18.6. The summed E-state index contributed by atoms with van der Waals surface area (Å²) in [6.45, 7) is 2.06. The van der Waals surface area contributed by atoms with E-state index in [1.54, 1.807) is 23.0 Å². The van der Waals surface area contributed by atoms with Crippen LogP contribution in [0.1, 0.15) is 16.7 Å². The lowest BCUT2D eigenvalue weighted by molar-refractivity contribution is 0.633. The molecule has 0 bridgehead atoms. The van der Waals surface area contributed by atoms with E-state index in [1.807, 2.05) is 30.5 Å². The molecule has 3 heterocycles. The SMILES string of the molecule is Cc1cc(Nc2ncnc3ccc(Br)c(F)c23)ccc1Cc1ccn2ncnc2c1. The molecule has 5 aromatic rings. The summed E-state index contributed by atoms with van der Waals surface area (Å²) in [5, 5.41) is 7.72. The first-order chi connectivity index (χ1) is 14.6. The van der Waals surface area contributed by atoms with Gasteiger partial charge in [-0.15, -0.1) is 0 Å². The van der Waals surface area contributed by atoms with E-state index in [0.717, 1.165) is 28.9 Å². The summed E-state index contributed by atoms with van der Waals surface area (Å²) in [6, 6.07) is 13.6. The fourth-order valence-corrected chi connectivity index (χ4v) is 3.81. The van der Waals surface area contributed by atoms with Gasteiger partial charge in [-0.25, -0.2) is 23.9 Å². The van der Waals surface area contributed by atoms with Gasteiger partial charge in [0, 0.05) is 11.9 Å². The second-order valence-electron chi connectivity index (χ2n) is 7.02. The van der Waals surface area contributed by atoms with Crippen LogP contribution in [0.25, 0.3) is 16.6 Å². The minimum absolute atomic E-state index is 0.357. The summed E-state index contributed by atoms with van der Waals surface area (Å²) < 4.78 is 16.8. The number of fused-ring (bicyclic) bond motifs is 2. The Morgan fingerprint density at radius 2 is 1.93 bits per heavy atom. The number of pyridine rings is 1. The smallest absolute Gasteiger partial charge is 0.155 e. The Labute approximate surface area is 180 Å². The molecule has 0 saturated heterocycles. The second kappa shape index (κ2) is 7.46. The molecular weight excluding hydrogens is 447 g/mol. The Kier molecular flexibility index (Phi) is 4.63. The summed E-state index contributed by atoms with van der Waals surface area (Å²) in [5.41, 5.74) is 5.70. The van der Waals surface area contributed by atoms with Crippen molar-refractivity contribution in [3.63, 3.8) is 0 Å². The van der Waals surface area contributed by atoms with Crippen molar-refractivity contribution in [1.82, 2.24) is 24.6 Å². The molecule has 0 aliphatic heterocycles. The van der Waals surface area contributed by atoms with Crippen molar-refractivity contribution in [1.29, 1.82) is 0 Å². The highest BCUT2D eigenvalue weighted by Crippen LogP contribution is 2.30. The number of aromatic nitrogens is 5. The van der Waals surface area contributed by atoms with E-state index in [4.69, 9.17) is 0 Å². The van der Waals surface area contributed by atoms with Gasteiger partial charge in [0.15, 0.2) is 11.5 Å². The molecule has 0 unspecified atom stereocenters. The first-order valence-electron chi connectivity index (χ1n) is 9.32. The third-order valence-electron chi connectivity index (χ3n) is 5.04. The zero-order valence-electron chi connectivity index (χ0n) is 16.0. The van der Waals surface area contributed by atoms with Crippen LogP contribution in [0.3, 0.4) is 0 Å². The zero-order valence-corrected chi connectivity index (χ0v) is 17.6. The normalized spacial score (nSPS) is 11.3. The summed E-state index contributed by atoms with van der Waals surface area (Å²) >= 11 is 3.23. The number of nitrogens with zero attached hydrogens (tertiary/aromatic N) is 5. The second-order valence-corrected chi connectivity index (χ2v) is 7.87. The van der Waals surface area contributed by atoms with E-state index in [-0.39, 0.29) is 5.82 Å². The fourth-order valence-electron chi connectivity index (χ4n) is 3.48. The molecule has 3 aromatic heterocycles. The summed E-state index contributed by atoms with van der Waals surface area (Å²) in [4.78, 5) is 12.6. The minimum atomic E-state index is -0.382. The van der Waals surface area contributed by atoms with Gasteiger partial charge in [0.2, 0.25) is 0 Å². The van der Waals surface area contributed by atoms with Crippen LogP contribution >= 0.6 is 15.9 Å². The topological polar surface area (TPSA) is 68.0 Å². The van der Waals surface area contributed by atoms with Crippen molar-refractivity contribution in [2.45, 2.75) is 13.3 Å². The lowest BCUT2D eigenvalue weighted by atomic mass is 10.0. The van der Waals surface area contributed by atoms with E-state index in [9.17, 15) is 4.39 Å². The third kappa shape index (κ3) is 3.39. The Morgan fingerprint density at radius 1 is 1.03 bits per heavy atom. The average Bonchev–Trinajstić information content (AvgIpc) is 3.21. The van der Waals surface area contributed by atoms with Crippen LogP contribution in [-0.4, -0.2) is 24.6 Å². The zero-order chi connectivity index (χ0) is 20.7. The van der Waals surface area contributed by atoms with Gasteiger partial charge in [-0.3, -0.25) is 0 Å². The van der Waals surface area contributed by atoms with Crippen molar-refractivity contribution >= 4 is 44.0 Å². The van der Waals surface area contributed by atoms with Gasteiger partial charge >= 0.3 is 0 Å². The van der Waals surface area contributed by atoms with Gasteiger partial charge in [0.1, 0.15) is 18.5 Å². The first-order valence-corrected chi connectivity index (χ1v) is 10.1. The maximum atomic E-state index is 14.7. The van der Waals surface area contributed by atoms with E-state index in [2.05, 4.69) is 54.3 Å². The van der Waals surface area contributed by atoms with Crippen LogP contribution in [0.2, 0.25) is 0 Å². The van der Waals surface area contributed by atoms with Gasteiger partial charge in [0.05, 0.1) is 15.4 Å². The van der Waals surface area contributed by atoms with Crippen LogP contribution in [0.5, 0.6) is 0 Å². The highest BCUT2D eigenvalue weighted by Gasteiger charge is 2.13. The van der Waals surface area contributed by atoms with Crippen molar-refractivity contribution in [3.05, 3.63) is 88.3 Å². The largest absolute Gasteiger partial charge is 0.340 e. The number of halogens is 2. The number of hydrogen-bond acceptors (Lipinski definition) is 5. The Bertz CT molecular complexity index is 1400. The molecule has 2 aromatic carbocycles. The Balaban J connectivity index is 1.44. The van der Waals surface area contributed by atoms with E-state index < -0.39 is 0 Å². The molecule has 0 saturated carbocycles. The molecule has 0 radical (unpaired) electrons. The average molecular weight is 463 g/mol. The van der Waals surface area contributed by atoms with Crippen molar-refractivity contribution < 1.29 is 4.39 Å². The Morgan fingerprint density at radius 3 is 2.80 bits per heavy atom. The standard InChI is InChI=1S/C22H16BrFN6/c1-13-8-16(29-22-20-18(25-11-27-22)5-4-17(23)21(20)24)3-2-15(13)9-14-6-7-30-19(10-14)26-12-28-30/h2-8,10-12H,9H2,1H3,(H,25,27,29). The van der Waals surface area contributed by atoms with Crippen LogP contribution < -0.4 is 5.32 Å². The van der Waals surface area contributed by atoms with Crippen LogP contribution in [0.15, 0.2) is 65.8 Å². The highest BCUT2D eigenvalue weighted by molar-refractivity contribution is 9.10. The number of anilines is 2. The number of nitrogens with one attached hydrogen (secondary N) is 1.